The molecule has 0 aliphatic heterocycles. The summed E-state index contributed by atoms with van der Waals surface area (Å²) in [5.41, 5.74) is 1.05. The van der Waals surface area contributed by atoms with Crippen molar-refractivity contribution in [3.63, 3.8) is 0 Å². The van der Waals surface area contributed by atoms with Crippen LogP contribution in [-0.2, 0) is 0 Å². The lowest BCUT2D eigenvalue weighted by Crippen LogP contribution is -2.14. The van der Waals surface area contributed by atoms with Gasteiger partial charge in [0.2, 0.25) is 0 Å². The summed E-state index contributed by atoms with van der Waals surface area (Å²) < 4.78 is 14.2. The number of carbonyl (C=O) groups is 1. The van der Waals surface area contributed by atoms with Crippen LogP contribution in [0.15, 0.2) is 41.1 Å². The van der Waals surface area contributed by atoms with E-state index in [0.717, 1.165) is 0 Å². The maximum absolute atomic E-state index is 12.9. The molecule has 0 saturated heterocycles. The van der Waals surface area contributed by atoms with E-state index < -0.39 is 0 Å². The molecule has 18 heavy (non-hydrogen) atoms. The molecule has 0 radical (unpaired) electrons. The molecule has 1 amide bonds. The number of carbonyl (C=O) groups excluding carboxylic acids is 1. The monoisotopic (exact) mass is 420 g/mol. The molecule has 3 nitrogen and oxygen atoms in total. The Hall–Kier alpha value is -1.02. The highest BCUT2D eigenvalue weighted by molar-refractivity contribution is 14.1. The van der Waals surface area contributed by atoms with E-state index in [1.165, 1.54) is 18.2 Å². The minimum absolute atomic E-state index is 0.286. The molecule has 1 aromatic carbocycles. The van der Waals surface area contributed by atoms with Crippen LogP contribution in [0.1, 0.15) is 10.4 Å². The van der Waals surface area contributed by atoms with Crippen molar-refractivity contribution in [1.82, 2.24) is 4.98 Å². The maximum Gasteiger partial charge on any atom is 0.256 e. The molecule has 0 spiro atoms. The van der Waals surface area contributed by atoms with Crippen molar-refractivity contribution in [1.29, 1.82) is 0 Å². The third-order valence-corrected chi connectivity index (χ3v) is 3.72. The van der Waals surface area contributed by atoms with Crippen molar-refractivity contribution in [3.05, 3.63) is 56.1 Å². The van der Waals surface area contributed by atoms with Gasteiger partial charge in [-0.25, -0.2) is 4.39 Å². The molecule has 0 saturated carbocycles. The summed E-state index contributed by atoms with van der Waals surface area (Å²) in [6.45, 7) is 0. The molecule has 0 bridgehead atoms. The van der Waals surface area contributed by atoms with Gasteiger partial charge in [0.1, 0.15) is 5.82 Å². The van der Waals surface area contributed by atoms with Crippen molar-refractivity contribution >= 4 is 50.1 Å². The predicted molar refractivity (Wildman–Crippen MR) is 79.0 cm³/mol. The summed E-state index contributed by atoms with van der Waals surface area (Å²) in [5.74, 6) is -0.646. The average molecular weight is 421 g/mol. The van der Waals surface area contributed by atoms with Crippen LogP contribution >= 0.6 is 38.5 Å². The Kier molecular flexibility index (Phi) is 4.28. The number of hydrogen-bond donors (Lipinski definition) is 1. The zero-order chi connectivity index (χ0) is 13.1. The minimum atomic E-state index is -0.360. The van der Waals surface area contributed by atoms with E-state index in [-0.39, 0.29) is 11.7 Å². The Labute approximate surface area is 125 Å². The quantitative estimate of drug-likeness (QED) is 0.750. The molecule has 1 heterocycles. The number of pyridine rings is 1. The Morgan fingerprint density at radius 2 is 2.17 bits per heavy atom. The summed E-state index contributed by atoms with van der Waals surface area (Å²) in [7, 11) is 0. The van der Waals surface area contributed by atoms with Crippen LogP contribution in [0, 0.1) is 9.39 Å². The van der Waals surface area contributed by atoms with E-state index in [2.05, 4.69) is 26.2 Å². The Morgan fingerprint density at radius 3 is 2.83 bits per heavy atom. The lowest BCUT2D eigenvalue weighted by atomic mass is 10.2. The minimum Gasteiger partial charge on any atom is -0.321 e. The number of rotatable bonds is 2. The van der Waals surface area contributed by atoms with Gasteiger partial charge in [-0.05, 0) is 62.8 Å². The van der Waals surface area contributed by atoms with Crippen LogP contribution in [0.3, 0.4) is 0 Å². The number of nitrogens with one attached hydrogen (secondary N) is 1. The molecule has 0 unspecified atom stereocenters. The zero-order valence-corrected chi connectivity index (χ0v) is 12.7. The van der Waals surface area contributed by atoms with E-state index in [1.807, 2.05) is 22.6 Å². The van der Waals surface area contributed by atoms with Crippen molar-refractivity contribution in [2.45, 2.75) is 0 Å². The van der Waals surface area contributed by atoms with E-state index >= 15 is 0 Å². The topological polar surface area (TPSA) is 42.0 Å². The molecule has 1 aromatic heterocycles. The fraction of sp³-hybridized carbons (Fsp3) is 0. The highest BCUT2D eigenvalue weighted by Crippen LogP contribution is 2.22. The van der Waals surface area contributed by atoms with Gasteiger partial charge < -0.3 is 5.32 Å². The number of halogens is 3. The fourth-order valence-electron chi connectivity index (χ4n) is 1.34. The van der Waals surface area contributed by atoms with Gasteiger partial charge >= 0.3 is 0 Å². The normalized spacial score (nSPS) is 10.2. The first kappa shape index (κ1) is 13.4. The summed E-state index contributed by atoms with van der Waals surface area (Å²) in [4.78, 5) is 15.9. The van der Waals surface area contributed by atoms with E-state index in [0.29, 0.717) is 19.3 Å². The Bertz CT molecular complexity index is 606. The van der Waals surface area contributed by atoms with Crippen LogP contribution in [0.5, 0.6) is 0 Å². The SMILES string of the molecule is O=C(Nc1ccncc1Br)c1ccc(F)cc1I. The standard InChI is InChI=1S/C12H7BrFIN2O/c13-9-6-16-4-3-11(9)17-12(18)8-2-1-7(14)5-10(8)15/h1-6H,(H,16,17,18). The first-order valence-corrected chi connectivity index (χ1v) is 6.81. The van der Waals surface area contributed by atoms with E-state index in [4.69, 9.17) is 0 Å². The molecule has 0 aliphatic carbocycles. The third kappa shape index (κ3) is 3.05. The highest BCUT2D eigenvalue weighted by atomic mass is 127. The summed E-state index contributed by atoms with van der Waals surface area (Å²) in [6, 6.07) is 5.72. The summed E-state index contributed by atoms with van der Waals surface area (Å²) in [6.07, 6.45) is 3.17. The van der Waals surface area contributed by atoms with Gasteiger partial charge in [-0.3, -0.25) is 9.78 Å². The van der Waals surface area contributed by atoms with Crippen LogP contribution < -0.4 is 5.32 Å². The van der Waals surface area contributed by atoms with Crippen LogP contribution in [0.2, 0.25) is 0 Å². The Balaban J connectivity index is 2.25. The van der Waals surface area contributed by atoms with Gasteiger partial charge in [-0.2, -0.15) is 0 Å². The van der Waals surface area contributed by atoms with Crippen LogP contribution in [0.4, 0.5) is 10.1 Å². The fourth-order valence-corrected chi connectivity index (χ4v) is 2.41. The molecule has 0 aliphatic rings. The molecule has 2 rings (SSSR count). The van der Waals surface area contributed by atoms with Gasteiger partial charge in [-0.1, -0.05) is 0 Å². The molecular weight excluding hydrogens is 414 g/mol. The second-order valence-electron chi connectivity index (χ2n) is 3.43. The number of amides is 1. The van der Waals surface area contributed by atoms with E-state index in [9.17, 15) is 9.18 Å². The Morgan fingerprint density at radius 1 is 1.39 bits per heavy atom. The lowest BCUT2D eigenvalue weighted by molar-refractivity contribution is 0.102. The predicted octanol–water partition coefficient (Wildman–Crippen LogP) is 3.84. The van der Waals surface area contributed by atoms with Crippen molar-refractivity contribution in [3.8, 4) is 0 Å². The molecule has 2 aromatic rings. The molecule has 92 valence electrons. The summed E-state index contributed by atoms with van der Waals surface area (Å²) in [5, 5.41) is 2.73. The van der Waals surface area contributed by atoms with E-state index in [1.54, 1.807) is 18.5 Å². The number of benzene rings is 1. The molecule has 0 fully saturated rings. The molecular formula is C12H7BrFIN2O. The lowest BCUT2D eigenvalue weighted by Gasteiger charge is -2.08. The van der Waals surface area contributed by atoms with Crippen molar-refractivity contribution in [2.75, 3.05) is 5.32 Å². The van der Waals surface area contributed by atoms with Gasteiger partial charge in [0.05, 0.1) is 15.7 Å². The largest absolute Gasteiger partial charge is 0.321 e. The van der Waals surface area contributed by atoms with Gasteiger partial charge in [0, 0.05) is 16.0 Å². The first-order chi connectivity index (χ1) is 8.58. The zero-order valence-electron chi connectivity index (χ0n) is 8.95. The van der Waals surface area contributed by atoms with Gasteiger partial charge in [-0.15, -0.1) is 0 Å². The molecule has 6 heteroatoms. The van der Waals surface area contributed by atoms with Crippen molar-refractivity contribution < 1.29 is 9.18 Å². The third-order valence-electron chi connectivity index (χ3n) is 2.20. The number of hydrogen-bond acceptors (Lipinski definition) is 2. The average Bonchev–Trinajstić information content (AvgIpc) is 2.32. The van der Waals surface area contributed by atoms with Gasteiger partial charge in [0.15, 0.2) is 0 Å². The summed E-state index contributed by atoms with van der Waals surface area (Å²) >= 11 is 5.22. The first-order valence-electron chi connectivity index (χ1n) is 4.94. The second-order valence-corrected chi connectivity index (χ2v) is 5.45. The number of anilines is 1. The van der Waals surface area contributed by atoms with Crippen LogP contribution in [-0.4, -0.2) is 10.9 Å². The molecule has 0 atom stereocenters. The maximum atomic E-state index is 12.9. The smallest absolute Gasteiger partial charge is 0.256 e. The van der Waals surface area contributed by atoms with Crippen LogP contribution in [0.25, 0.3) is 0 Å². The van der Waals surface area contributed by atoms with Gasteiger partial charge in [0.25, 0.3) is 5.91 Å². The second kappa shape index (κ2) is 5.75. The number of aromatic nitrogens is 1. The number of nitrogens with zero attached hydrogens (tertiary/aromatic N) is 1. The van der Waals surface area contributed by atoms with Crippen molar-refractivity contribution in [2.24, 2.45) is 0 Å². The molecule has 1 N–H and O–H groups in total. The highest BCUT2D eigenvalue weighted by Gasteiger charge is 2.12.